The molecule has 0 saturated carbocycles. The number of carbonyl (C=O) groups excluding carboxylic acids is 3. The van der Waals surface area contributed by atoms with Crippen LogP contribution in [-0.2, 0) is 28.6 Å². The van der Waals surface area contributed by atoms with Crippen molar-refractivity contribution in [2.24, 2.45) is 0 Å². The van der Waals surface area contributed by atoms with Crippen LogP contribution in [0.15, 0.2) is 24.3 Å². The number of hydrogen-bond donors (Lipinski definition) is 0. The Morgan fingerprint density at radius 3 is 1.58 bits per heavy atom. The van der Waals surface area contributed by atoms with Crippen molar-refractivity contribution in [3.63, 3.8) is 0 Å². The first kappa shape index (κ1) is 49.8. The minimum atomic E-state index is -1.13. The fourth-order valence-electron chi connectivity index (χ4n) is 6.28. The number of hydrogen-bond acceptors (Lipinski definition) is 7. The topological polar surface area (TPSA) is 102 Å². The molecule has 0 fully saturated rings. The normalized spacial score (nSPS) is 13.2. The number of allylic oxidation sites excluding steroid dienone is 4. The molecule has 0 aromatic rings. The first-order valence-corrected chi connectivity index (χ1v) is 21.4. The molecule has 0 aliphatic carbocycles. The zero-order chi connectivity index (χ0) is 38.5. The van der Waals surface area contributed by atoms with E-state index in [0.29, 0.717) is 12.8 Å². The van der Waals surface area contributed by atoms with Gasteiger partial charge in [0.2, 0.25) is 0 Å². The molecule has 0 aromatic carbocycles. The summed E-state index contributed by atoms with van der Waals surface area (Å²) in [5.74, 6) is -1.75. The Morgan fingerprint density at radius 2 is 1.08 bits per heavy atom. The number of nitrogens with zero attached hydrogens (tertiary/aromatic N) is 1. The van der Waals surface area contributed by atoms with E-state index in [1.165, 1.54) is 83.5 Å². The molecule has 304 valence electrons. The predicted molar refractivity (Wildman–Crippen MR) is 213 cm³/mol. The Morgan fingerprint density at radius 1 is 0.596 bits per heavy atom. The van der Waals surface area contributed by atoms with E-state index in [1.54, 1.807) is 21.1 Å². The van der Waals surface area contributed by atoms with Crippen molar-refractivity contribution in [3.8, 4) is 0 Å². The minimum Gasteiger partial charge on any atom is -0.544 e. The summed E-state index contributed by atoms with van der Waals surface area (Å²) in [7, 11) is 5.40. The molecule has 0 aromatic heterocycles. The molecule has 2 atom stereocenters. The quantitative estimate of drug-likeness (QED) is 0.0269. The standard InChI is InChI=1S/C44H81NO7/c1-6-8-10-12-14-16-18-20-21-22-23-25-26-28-30-32-34-42(46)51-39-40(38-50-37-36-41(44(48)49)45(3,4)5)52-43(47)35-33-31-29-27-24-19-17-15-13-11-9-7-2/h9,11,15,17,40-41H,6-8,10,12-14,16,18-39H2,1-5H3/b11-9+,17-15+. The molecule has 0 N–H and O–H groups in total. The second kappa shape index (κ2) is 35.8. The lowest BCUT2D eigenvalue weighted by molar-refractivity contribution is -0.889. The van der Waals surface area contributed by atoms with Crippen molar-refractivity contribution in [3.05, 3.63) is 24.3 Å². The fraction of sp³-hybridized carbons (Fsp3) is 0.841. The highest BCUT2D eigenvalue weighted by molar-refractivity contribution is 5.70. The molecule has 0 rings (SSSR count). The molecule has 0 saturated heterocycles. The Hall–Kier alpha value is -2.19. The second-order valence-electron chi connectivity index (χ2n) is 15.6. The van der Waals surface area contributed by atoms with Gasteiger partial charge in [0.25, 0.3) is 0 Å². The SMILES string of the molecule is CC/C=C/C/C=C/CCCCCCCC(=O)OC(COCCC(C(=O)[O-])[N+](C)(C)C)COC(=O)CCCCCCCCCCCCCCCCCC. The van der Waals surface area contributed by atoms with Gasteiger partial charge in [-0.25, -0.2) is 0 Å². The monoisotopic (exact) mass is 736 g/mol. The van der Waals surface area contributed by atoms with Gasteiger partial charge in [0.1, 0.15) is 12.6 Å². The van der Waals surface area contributed by atoms with Gasteiger partial charge < -0.3 is 28.6 Å². The first-order valence-electron chi connectivity index (χ1n) is 21.4. The molecule has 0 bridgehead atoms. The van der Waals surface area contributed by atoms with E-state index in [9.17, 15) is 19.5 Å². The lowest BCUT2D eigenvalue weighted by Crippen LogP contribution is -2.55. The summed E-state index contributed by atoms with van der Waals surface area (Å²) in [4.78, 5) is 36.8. The van der Waals surface area contributed by atoms with Crippen molar-refractivity contribution < 1.29 is 38.2 Å². The zero-order valence-electron chi connectivity index (χ0n) is 34.5. The molecular formula is C44H81NO7. The number of unbranched alkanes of at least 4 members (excludes halogenated alkanes) is 20. The molecule has 52 heavy (non-hydrogen) atoms. The van der Waals surface area contributed by atoms with Crippen LogP contribution in [0, 0.1) is 0 Å². The van der Waals surface area contributed by atoms with Gasteiger partial charge in [-0.1, -0.05) is 154 Å². The van der Waals surface area contributed by atoms with Crippen LogP contribution in [0.2, 0.25) is 0 Å². The van der Waals surface area contributed by atoms with E-state index < -0.39 is 18.1 Å². The number of carboxylic acids is 1. The van der Waals surface area contributed by atoms with Crippen LogP contribution in [0.3, 0.4) is 0 Å². The maximum absolute atomic E-state index is 12.7. The molecule has 8 nitrogen and oxygen atoms in total. The summed E-state index contributed by atoms with van der Waals surface area (Å²) in [6.45, 7) is 4.55. The maximum Gasteiger partial charge on any atom is 0.306 e. The highest BCUT2D eigenvalue weighted by Gasteiger charge is 2.25. The van der Waals surface area contributed by atoms with Crippen molar-refractivity contribution in [1.29, 1.82) is 0 Å². The van der Waals surface area contributed by atoms with Gasteiger partial charge in [-0.15, -0.1) is 0 Å². The summed E-state index contributed by atoms with van der Waals surface area (Å²) in [6, 6.07) is -0.725. The molecule has 0 radical (unpaired) electrons. The number of esters is 2. The summed E-state index contributed by atoms with van der Waals surface area (Å²) >= 11 is 0. The summed E-state index contributed by atoms with van der Waals surface area (Å²) in [6.07, 6.45) is 37.7. The molecule has 0 amide bonds. The molecule has 0 spiro atoms. The van der Waals surface area contributed by atoms with Crippen LogP contribution < -0.4 is 5.11 Å². The van der Waals surface area contributed by atoms with E-state index >= 15 is 0 Å². The summed E-state index contributed by atoms with van der Waals surface area (Å²) in [5, 5.41) is 11.6. The number of likely N-dealkylation sites (N-methyl/N-ethyl adjacent to an activating group) is 1. The number of carboxylic acid groups (broad SMARTS) is 1. The third kappa shape index (κ3) is 33.6. The predicted octanol–water partition coefficient (Wildman–Crippen LogP) is 9.97. The van der Waals surface area contributed by atoms with Crippen molar-refractivity contribution in [2.45, 2.75) is 199 Å². The Labute approximate surface area is 320 Å². The molecule has 0 aliphatic heterocycles. The van der Waals surface area contributed by atoms with Crippen molar-refractivity contribution >= 4 is 17.9 Å². The number of carbonyl (C=O) groups is 3. The van der Waals surface area contributed by atoms with Gasteiger partial charge in [-0.2, -0.15) is 0 Å². The van der Waals surface area contributed by atoms with Crippen molar-refractivity contribution in [1.82, 2.24) is 0 Å². The average Bonchev–Trinajstić information content (AvgIpc) is 3.09. The number of ether oxygens (including phenoxy) is 3. The number of quaternary nitrogens is 1. The van der Waals surface area contributed by atoms with Gasteiger partial charge in [-0.3, -0.25) is 9.59 Å². The van der Waals surface area contributed by atoms with Crippen LogP contribution >= 0.6 is 0 Å². The minimum absolute atomic E-state index is 0.0384. The third-order valence-corrected chi connectivity index (χ3v) is 9.60. The van der Waals surface area contributed by atoms with E-state index in [2.05, 4.69) is 38.2 Å². The average molecular weight is 736 g/mol. The summed E-state index contributed by atoms with van der Waals surface area (Å²) in [5.41, 5.74) is 0. The molecule has 0 heterocycles. The smallest absolute Gasteiger partial charge is 0.306 e. The Kier molecular flexibility index (Phi) is 34.3. The highest BCUT2D eigenvalue weighted by atomic mass is 16.6. The van der Waals surface area contributed by atoms with E-state index in [1.807, 2.05) is 0 Å². The van der Waals surface area contributed by atoms with Crippen LogP contribution in [0.4, 0.5) is 0 Å². The zero-order valence-corrected chi connectivity index (χ0v) is 34.5. The van der Waals surface area contributed by atoms with Crippen LogP contribution in [0.1, 0.15) is 187 Å². The van der Waals surface area contributed by atoms with Crippen LogP contribution in [0.25, 0.3) is 0 Å². The fourth-order valence-corrected chi connectivity index (χ4v) is 6.28. The maximum atomic E-state index is 12.7. The van der Waals surface area contributed by atoms with Gasteiger partial charge in [0.05, 0.1) is 40.3 Å². The number of aliphatic carboxylic acids is 1. The lowest BCUT2D eigenvalue weighted by atomic mass is 10.0. The van der Waals surface area contributed by atoms with Gasteiger partial charge in [-0.05, 0) is 38.5 Å². The Bertz CT molecular complexity index is 911. The lowest BCUT2D eigenvalue weighted by Gasteiger charge is -2.34. The van der Waals surface area contributed by atoms with Gasteiger partial charge >= 0.3 is 11.9 Å². The molecule has 8 heteroatoms. The number of rotatable bonds is 38. The molecule has 0 aliphatic rings. The highest BCUT2D eigenvalue weighted by Crippen LogP contribution is 2.15. The van der Waals surface area contributed by atoms with E-state index in [4.69, 9.17) is 14.2 Å². The second-order valence-corrected chi connectivity index (χ2v) is 15.6. The molecular weight excluding hydrogens is 654 g/mol. The first-order chi connectivity index (χ1) is 25.1. The third-order valence-electron chi connectivity index (χ3n) is 9.60. The van der Waals surface area contributed by atoms with E-state index in [0.717, 1.165) is 70.6 Å². The van der Waals surface area contributed by atoms with E-state index in [-0.39, 0.29) is 42.7 Å². The summed E-state index contributed by atoms with van der Waals surface area (Å²) < 4.78 is 17.1. The van der Waals surface area contributed by atoms with Gasteiger partial charge in [0, 0.05) is 19.3 Å². The Balaban J connectivity index is 4.33. The van der Waals surface area contributed by atoms with Gasteiger partial charge in [0.15, 0.2) is 6.10 Å². The van der Waals surface area contributed by atoms with Crippen molar-refractivity contribution in [2.75, 3.05) is 41.0 Å². The largest absolute Gasteiger partial charge is 0.544 e. The van der Waals surface area contributed by atoms with Crippen LogP contribution in [0.5, 0.6) is 0 Å². The molecule has 2 unspecified atom stereocenters. The van der Waals surface area contributed by atoms with Crippen LogP contribution in [-0.4, -0.2) is 75.5 Å².